The first-order valence-corrected chi connectivity index (χ1v) is 9.35. The van der Waals surface area contributed by atoms with E-state index in [2.05, 4.69) is 13.8 Å². The second-order valence-corrected chi connectivity index (χ2v) is 9.60. The lowest BCUT2D eigenvalue weighted by Gasteiger charge is -2.35. The number of hydrogen-bond acceptors (Lipinski definition) is 2. The molecule has 0 radical (unpaired) electrons. The molecule has 1 fully saturated rings. The molecule has 1 aliphatic carbocycles. The molecule has 0 aliphatic heterocycles. The van der Waals surface area contributed by atoms with E-state index in [1.165, 1.54) is 51.0 Å². The summed E-state index contributed by atoms with van der Waals surface area (Å²) in [6, 6.07) is 1.17. The van der Waals surface area contributed by atoms with Crippen molar-refractivity contribution in [3.63, 3.8) is 0 Å². The van der Waals surface area contributed by atoms with Crippen molar-refractivity contribution >= 4 is 8.56 Å². The third kappa shape index (κ3) is 4.38. The summed E-state index contributed by atoms with van der Waals surface area (Å²) in [6.07, 6.45) is 9.43. The Morgan fingerprint density at radius 1 is 1.00 bits per heavy atom. The molecule has 0 aromatic rings. The van der Waals surface area contributed by atoms with Crippen LogP contribution in [0.25, 0.3) is 0 Å². The van der Waals surface area contributed by atoms with Crippen LogP contribution in [0.2, 0.25) is 11.6 Å². The molecule has 1 saturated carbocycles. The fraction of sp³-hybridized carbons (Fsp3) is 1.00. The van der Waals surface area contributed by atoms with Crippen molar-refractivity contribution in [1.29, 1.82) is 0 Å². The molecule has 0 saturated heterocycles. The van der Waals surface area contributed by atoms with Crippen molar-refractivity contribution in [2.24, 2.45) is 5.92 Å². The predicted molar refractivity (Wildman–Crippen MR) is 75.5 cm³/mol. The molecule has 0 aromatic heterocycles. The zero-order valence-corrected chi connectivity index (χ0v) is 13.1. The van der Waals surface area contributed by atoms with Gasteiger partial charge in [0.05, 0.1) is 0 Å². The van der Waals surface area contributed by atoms with E-state index in [9.17, 15) is 0 Å². The molecule has 0 aromatic carbocycles. The largest absolute Gasteiger partial charge is 0.397 e. The summed E-state index contributed by atoms with van der Waals surface area (Å²) in [5, 5.41) is 0. The minimum atomic E-state index is -1.94. The van der Waals surface area contributed by atoms with Gasteiger partial charge in [0.15, 0.2) is 0 Å². The maximum absolute atomic E-state index is 5.95. The fourth-order valence-corrected chi connectivity index (χ4v) is 6.95. The van der Waals surface area contributed by atoms with Crippen LogP contribution in [-0.4, -0.2) is 22.8 Å². The van der Waals surface area contributed by atoms with Gasteiger partial charge in [0.25, 0.3) is 0 Å². The van der Waals surface area contributed by atoms with Gasteiger partial charge in [-0.2, -0.15) is 0 Å². The second kappa shape index (κ2) is 7.55. The lowest BCUT2D eigenvalue weighted by Crippen LogP contribution is -2.45. The Morgan fingerprint density at radius 3 is 1.94 bits per heavy atom. The Morgan fingerprint density at radius 2 is 1.53 bits per heavy atom. The predicted octanol–water partition coefficient (Wildman–Crippen LogP) is 4.49. The minimum absolute atomic E-state index is 0.721. The highest BCUT2D eigenvalue weighted by atomic mass is 28.4. The zero-order chi connectivity index (χ0) is 12.7. The summed E-state index contributed by atoms with van der Waals surface area (Å²) < 4.78 is 11.9. The quantitative estimate of drug-likeness (QED) is 0.516. The van der Waals surface area contributed by atoms with Crippen LogP contribution in [0, 0.1) is 5.92 Å². The molecule has 1 rings (SSSR count). The third-order valence-corrected chi connectivity index (χ3v) is 8.43. The van der Waals surface area contributed by atoms with E-state index in [0.29, 0.717) is 0 Å². The summed E-state index contributed by atoms with van der Waals surface area (Å²) in [5.74, 6) is 0.748. The molecule has 0 amide bonds. The average molecular weight is 258 g/mol. The van der Waals surface area contributed by atoms with Crippen LogP contribution in [0.3, 0.4) is 0 Å². The Balaban J connectivity index is 2.65. The molecule has 3 heteroatoms. The third-order valence-electron chi connectivity index (χ3n) is 4.24. The molecule has 102 valence electrons. The molecule has 0 unspecified atom stereocenters. The monoisotopic (exact) mass is 258 g/mol. The molecule has 0 heterocycles. The lowest BCUT2D eigenvalue weighted by atomic mass is 10.2. The van der Waals surface area contributed by atoms with Gasteiger partial charge < -0.3 is 8.85 Å². The van der Waals surface area contributed by atoms with E-state index in [1.807, 2.05) is 14.2 Å². The van der Waals surface area contributed by atoms with Crippen molar-refractivity contribution in [3.8, 4) is 0 Å². The molecule has 0 spiro atoms. The SMILES string of the molecule is CO[Si](CCC(C)C)(OC)C1CCCCCC1. The average Bonchev–Trinajstić information content (AvgIpc) is 2.60. The van der Waals surface area contributed by atoms with Crippen molar-refractivity contribution in [2.75, 3.05) is 14.2 Å². The van der Waals surface area contributed by atoms with E-state index < -0.39 is 8.56 Å². The van der Waals surface area contributed by atoms with Gasteiger partial charge in [-0.1, -0.05) is 39.5 Å². The van der Waals surface area contributed by atoms with Gasteiger partial charge in [-0.15, -0.1) is 0 Å². The van der Waals surface area contributed by atoms with Crippen molar-refractivity contribution in [1.82, 2.24) is 0 Å². The Labute approximate surface area is 108 Å². The molecular weight excluding hydrogens is 228 g/mol. The second-order valence-electron chi connectivity index (χ2n) is 5.84. The number of hydrogen-bond donors (Lipinski definition) is 0. The van der Waals surface area contributed by atoms with Crippen LogP contribution in [0.4, 0.5) is 0 Å². The summed E-state index contributed by atoms with van der Waals surface area (Å²) in [4.78, 5) is 0. The molecule has 0 N–H and O–H groups in total. The highest BCUT2D eigenvalue weighted by Gasteiger charge is 2.43. The van der Waals surface area contributed by atoms with E-state index in [4.69, 9.17) is 8.85 Å². The molecule has 17 heavy (non-hydrogen) atoms. The van der Waals surface area contributed by atoms with Crippen LogP contribution < -0.4 is 0 Å². The van der Waals surface area contributed by atoms with Gasteiger partial charge in [-0.05, 0) is 31.2 Å². The molecule has 0 bridgehead atoms. The van der Waals surface area contributed by atoms with Crippen LogP contribution in [0.15, 0.2) is 0 Å². The Kier molecular flexibility index (Phi) is 6.74. The normalized spacial score (nSPS) is 19.6. The highest BCUT2D eigenvalue weighted by Crippen LogP contribution is 2.39. The van der Waals surface area contributed by atoms with Gasteiger partial charge in [0.1, 0.15) is 0 Å². The maximum atomic E-state index is 5.95. The molecule has 1 aliphatic rings. The van der Waals surface area contributed by atoms with Gasteiger partial charge in [0.2, 0.25) is 0 Å². The molecule has 2 nitrogen and oxygen atoms in total. The van der Waals surface area contributed by atoms with E-state index in [0.717, 1.165) is 11.5 Å². The summed E-state index contributed by atoms with van der Waals surface area (Å²) >= 11 is 0. The number of rotatable bonds is 6. The summed E-state index contributed by atoms with van der Waals surface area (Å²) in [7, 11) is 1.81. The summed E-state index contributed by atoms with van der Waals surface area (Å²) in [5.41, 5.74) is 0.721. The molecular formula is C14H30O2Si. The minimum Gasteiger partial charge on any atom is -0.397 e. The van der Waals surface area contributed by atoms with E-state index in [1.54, 1.807) is 0 Å². The lowest BCUT2D eigenvalue weighted by molar-refractivity contribution is 0.220. The Hall–Kier alpha value is 0.137. The van der Waals surface area contributed by atoms with E-state index >= 15 is 0 Å². The zero-order valence-electron chi connectivity index (χ0n) is 12.1. The van der Waals surface area contributed by atoms with Crippen LogP contribution in [-0.2, 0) is 8.85 Å². The van der Waals surface area contributed by atoms with Crippen LogP contribution in [0.1, 0.15) is 58.8 Å². The van der Waals surface area contributed by atoms with Crippen molar-refractivity contribution in [3.05, 3.63) is 0 Å². The smallest absolute Gasteiger partial charge is 0.340 e. The van der Waals surface area contributed by atoms with E-state index in [-0.39, 0.29) is 0 Å². The van der Waals surface area contributed by atoms with Gasteiger partial charge in [-0.3, -0.25) is 0 Å². The molecule has 0 atom stereocenters. The maximum Gasteiger partial charge on any atom is 0.340 e. The topological polar surface area (TPSA) is 18.5 Å². The van der Waals surface area contributed by atoms with Crippen LogP contribution >= 0.6 is 0 Å². The first-order chi connectivity index (χ1) is 8.14. The summed E-state index contributed by atoms with van der Waals surface area (Å²) in [6.45, 7) is 4.58. The first kappa shape index (κ1) is 15.2. The fourth-order valence-electron chi connectivity index (χ4n) is 3.03. The van der Waals surface area contributed by atoms with Gasteiger partial charge in [0, 0.05) is 19.8 Å². The van der Waals surface area contributed by atoms with Gasteiger partial charge >= 0.3 is 8.56 Å². The van der Waals surface area contributed by atoms with Gasteiger partial charge in [-0.25, -0.2) is 0 Å². The first-order valence-electron chi connectivity index (χ1n) is 7.25. The standard InChI is InChI=1S/C14H30O2Si/c1-13(2)11-12-17(15-3,16-4)14-9-7-5-6-8-10-14/h13-14H,5-12H2,1-4H3. The Bertz CT molecular complexity index is 194. The highest BCUT2D eigenvalue weighted by molar-refractivity contribution is 6.69. The van der Waals surface area contributed by atoms with Crippen LogP contribution in [0.5, 0.6) is 0 Å². The van der Waals surface area contributed by atoms with Crippen molar-refractivity contribution < 1.29 is 8.85 Å². The van der Waals surface area contributed by atoms with Crippen molar-refractivity contribution in [2.45, 2.75) is 70.4 Å².